The summed E-state index contributed by atoms with van der Waals surface area (Å²) in [6.07, 6.45) is 0. The lowest BCUT2D eigenvalue weighted by Crippen LogP contribution is -2.10. The fourth-order valence-corrected chi connectivity index (χ4v) is 1.95. The van der Waals surface area contributed by atoms with Gasteiger partial charge in [0.2, 0.25) is 0 Å². The third-order valence-electron chi connectivity index (χ3n) is 2.23. The zero-order valence-electron chi connectivity index (χ0n) is 9.19. The molecule has 0 bridgehead atoms. The van der Waals surface area contributed by atoms with Crippen LogP contribution in [0.1, 0.15) is 5.56 Å². The summed E-state index contributed by atoms with van der Waals surface area (Å²) in [4.78, 5) is 0.230. The number of rotatable bonds is 3. The topological polar surface area (TPSA) is 35.2 Å². The van der Waals surface area contributed by atoms with E-state index in [2.05, 4.69) is 15.9 Å². The Morgan fingerprint density at radius 3 is 2.67 bits per heavy atom. The molecule has 2 aromatic rings. The molecule has 2 nitrogen and oxygen atoms in total. The van der Waals surface area contributed by atoms with E-state index in [9.17, 15) is 4.39 Å². The summed E-state index contributed by atoms with van der Waals surface area (Å²) in [5, 5.41) is 0. The largest absolute Gasteiger partial charge is 0.456 e. The van der Waals surface area contributed by atoms with Crippen LogP contribution in [-0.2, 0) is 0 Å². The summed E-state index contributed by atoms with van der Waals surface area (Å²) < 4.78 is 19.5. The number of benzene rings is 2. The molecular formula is C13H9BrFNOS. The predicted molar refractivity (Wildman–Crippen MR) is 76.5 cm³/mol. The van der Waals surface area contributed by atoms with E-state index < -0.39 is 0 Å². The highest BCUT2D eigenvalue weighted by Gasteiger charge is 2.08. The Hall–Kier alpha value is -1.46. The van der Waals surface area contributed by atoms with E-state index in [1.807, 2.05) is 6.07 Å². The number of hydrogen-bond acceptors (Lipinski definition) is 2. The maximum absolute atomic E-state index is 13.1. The Morgan fingerprint density at radius 2 is 2.00 bits per heavy atom. The van der Waals surface area contributed by atoms with Crippen LogP contribution in [0.2, 0.25) is 0 Å². The minimum Gasteiger partial charge on any atom is -0.456 e. The van der Waals surface area contributed by atoms with Crippen LogP contribution in [-0.4, -0.2) is 4.99 Å². The molecule has 0 fully saturated rings. The second-order valence-electron chi connectivity index (χ2n) is 3.56. The van der Waals surface area contributed by atoms with Crippen molar-refractivity contribution in [3.05, 3.63) is 58.3 Å². The van der Waals surface area contributed by atoms with Crippen molar-refractivity contribution in [3.8, 4) is 11.5 Å². The first kappa shape index (κ1) is 13.0. The van der Waals surface area contributed by atoms with E-state index in [1.54, 1.807) is 24.3 Å². The van der Waals surface area contributed by atoms with Crippen molar-refractivity contribution < 1.29 is 9.13 Å². The van der Waals surface area contributed by atoms with E-state index in [0.717, 1.165) is 4.47 Å². The van der Waals surface area contributed by atoms with Gasteiger partial charge in [0, 0.05) is 10.5 Å². The van der Waals surface area contributed by atoms with Gasteiger partial charge in [0.1, 0.15) is 22.3 Å². The zero-order valence-corrected chi connectivity index (χ0v) is 11.6. The molecule has 0 aliphatic rings. The van der Waals surface area contributed by atoms with Crippen LogP contribution in [0.25, 0.3) is 0 Å². The van der Waals surface area contributed by atoms with E-state index in [4.69, 9.17) is 22.7 Å². The molecule has 0 saturated carbocycles. The van der Waals surface area contributed by atoms with E-state index >= 15 is 0 Å². The van der Waals surface area contributed by atoms with Crippen molar-refractivity contribution in [2.75, 3.05) is 0 Å². The fourth-order valence-electron chi connectivity index (χ4n) is 1.44. The highest BCUT2D eigenvalue weighted by molar-refractivity contribution is 9.10. The summed E-state index contributed by atoms with van der Waals surface area (Å²) in [5.74, 6) is 0.521. The molecule has 18 heavy (non-hydrogen) atoms. The zero-order chi connectivity index (χ0) is 13.1. The molecular weight excluding hydrogens is 317 g/mol. The molecule has 2 N–H and O–H groups in total. The SMILES string of the molecule is NC(=S)c1ccc(Br)cc1Oc1cccc(F)c1. The number of thiocarbonyl (C=S) groups is 1. The second-order valence-corrected chi connectivity index (χ2v) is 4.92. The summed E-state index contributed by atoms with van der Waals surface area (Å²) >= 11 is 8.28. The van der Waals surface area contributed by atoms with E-state index in [-0.39, 0.29) is 10.8 Å². The molecule has 0 amide bonds. The van der Waals surface area contributed by atoms with Crippen LogP contribution >= 0.6 is 28.1 Å². The third-order valence-corrected chi connectivity index (χ3v) is 2.95. The van der Waals surface area contributed by atoms with Crippen molar-refractivity contribution in [1.82, 2.24) is 0 Å². The highest BCUT2D eigenvalue weighted by Crippen LogP contribution is 2.28. The summed E-state index contributed by atoms with van der Waals surface area (Å²) in [6, 6.07) is 11.2. The standard InChI is InChI=1S/C13H9BrFNOS/c14-8-4-5-11(13(16)18)12(6-8)17-10-3-1-2-9(15)7-10/h1-7H,(H2,16,18). The molecule has 0 unspecified atom stereocenters. The Kier molecular flexibility index (Phi) is 3.93. The average Bonchev–Trinajstić information content (AvgIpc) is 2.28. The molecule has 0 aliphatic carbocycles. The first-order valence-electron chi connectivity index (χ1n) is 5.09. The third kappa shape index (κ3) is 3.05. The van der Waals surface area contributed by atoms with Crippen molar-refractivity contribution in [1.29, 1.82) is 0 Å². The van der Waals surface area contributed by atoms with Gasteiger partial charge >= 0.3 is 0 Å². The molecule has 2 aromatic carbocycles. The molecule has 0 aromatic heterocycles. The Labute approximate surface area is 118 Å². The van der Waals surface area contributed by atoms with Crippen molar-refractivity contribution in [2.45, 2.75) is 0 Å². The fraction of sp³-hybridized carbons (Fsp3) is 0. The molecule has 0 heterocycles. The number of hydrogen-bond donors (Lipinski definition) is 1. The van der Waals surface area contributed by atoms with Gasteiger partial charge in [-0.05, 0) is 30.3 Å². The average molecular weight is 326 g/mol. The van der Waals surface area contributed by atoms with E-state index in [0.29, 0.717) is 17.1 Å². The van der Waals surface area contributed by atoms with Crippen molar-refractivity contribution >= 4 is 33.1 Å². The normalized spacial score (nSPS) is 10.1. The molecule has 0 atom stereocenters. The minimum atomic E-state index is -0.362. The molecule has 92 valence electrons. The van der Waals surface area contributed by atoms with Crippen LogP contribution in [0.3, 0.4) is 0 Å². The van der Waals surface area contributed by atoms with Gasteiger partial charge in [0.05, 0.1) is 5.56 Å². The quantitative estimate of drug-likeness (QED) is 0.866. The molecule has 5 heteroatoms. The summed E-state index contributed by atoms with van der Waals surface area (Å²) in [5.41, 5.74) is 6.22. The Morgan fingerprint density at radius 1 is 1.22 bits per heavy atom. The predicted octanol–water partition coefficient (Wildman–Crippen LogP) is 4.01. The number of halogens is 2. The lowest BCUT2D eigenvalue weighted by Gasteiger charge is -2.10. The van der Waals surface area contributed by atoms with Gasteiger partial charge in [-0.2, -0.15) is 0 Å². The lowest BCUT2D eigenvalue weighted by molar-refractivity contribution is 0.475. The Balaban J connectivity index is 2.39. The minimum absolute atomic E-state index is 0.230. The van der Waals surface area contributed by atoms with Gasteiger partial charge < -0.3 is 10.5 Å². The first-order chi connectivity index (χ1) is 8.56. The van der Waals surface area contributed by atoms with E-state index in [1.165, 1.54) is 12.1 Å². The van der Waals surface area contributed by atoms with Crippen LogP contribution in [0.15, 0.2) is 46.9 Å². The maximum atomic E-state index is 13.1. The summed E-state index contributed by atoms with van der Waals surface area (Å²) in [6.45, 7) is 0. The van der Waals surface area contributed by atoms with Gasteiger partial charge in [0.15, 0.2) is 0 Å². The Bertz CT molecular complexity index is 603. The van der Waals surface area contributed by atoms with Crippen molar-refractivity contribution in [2.24, 2.45) is 5.73 Å². The lowest BCUT2D eigenvalue weighted by atomic mass is 10.2. The molecule has 0 spiro atoms. The first-order valence-corrected chi connectivity index (χ1v) is 6.29. The van der Waals surface area contributed by atoms with Crippen LogP contribution < -0.4 is 10.5 Å². The van der Waals surface area contributed by atoms with Gasteiger partial charge in [0.25, 0.3) is 0 Å². The van der Waals surface area contributed by atoms with Gasteiger partial charge in [-0.1, -0.05) is 34.2 Å². The molecule has 0 aliphatic heterocycles. The molecule has 0 saturated heterocycles. The second kappa shape index (κ2) is 5.46. The monoisotopic (exact) mass is 325 g/mol. The van der Waals surface area contributed by atoms with Gasteiger partial charge in [-0.15, -0.1) is 0 Å². The van der Waals surface area contributed by atoms with Gasteiger partial charge in [-0.3, -0.25) is 0 Å². The van der Waals surface area contributed by atoms with Crippen LogP contribution in [0.4, 0.5) is 4.39 Å². The maximum Gasteiger partial charge on any atom is 0.138 e. The molecule has 0 radical (unpaired) electrons. The summed E-state index contributed by atoms with van der Waals surface area (Å²) in [7, 11) is 0. The molecule has 2 rings (SSSR count). The highest BCUT2D eigenvalue weighted by atomic mass is 79.9. The van der Waals surface area contributed by atoms with Crippen LogP contribution in [0.5, 0.6) is 11.5 Å². The smallest absolute Gasteiger partial charge is 0.138 e. The number of ether oxygens (including phenoxy) is 1. The van der Waals surface area contributed by atoms with Gasteiger partial charge in [-0.25, -0.2) is 4.39 Å². The van der Waals surface area contributed by atoms with Crippen molar-refractivity contribution in [3.63, 3.8) is 0 Å². The van der Waals surface area contributed by atoms with Crippen LogP contribution in [0, 0.1) is 5.82 Å². The number of nitrogens with two attached hydrogens (primary N) is 1.